The summed E-state index contributed by atoms with van der Waals surface area (Å²) in [5, 5.41) is 11.9. The highest BCUT2D eigenvalue weighted by Gasteiger charge is 2.21. The van der Waals surface area contributed by atoms with E-state index in [-0.39, 0.29) is 17.9 Å². The fourth-order valence-electron chi connectivity index (χ4n) is 3.54. The molecule has 0 radical (unpaired) electrons. The van der Waals surface area contributed by atoms with E-state index in [1.54, 1.807) is 22.7 Å². The number of fused-ring (bicyclic) bond motifs is 1. The van der Waals surface area contributed by atoms with Gasteiger partial charge in [0.25, 0.3) is 0 Å². The Morgan fingerprint density at radius 1 is 1.07 bits per heavy atom. The molecule has 0 saturated heterocycles. The van der Waals surface area contributed by atoms with Gasteiger partial charge in [-0.3, -0.25) is 4.79 Å². The maximum absolute atomic E-state index is 12.5. The molecule has 3 N–H and O–H groups in total. The van der Waals surface area contributed by atoms with Crippen LogP contribution >= 0.6 is 22.7 Å². The zero-order chi connectivity index (χ0) is 20.1. The molecular formula is C23H25N3OS2. The smallest absolute Gasteiger partial charge is 0.236 e. The number of rotatable bonds is 9. The van der Waals surface area contributed by atoms with E-state index in [1.165, 1.54) is 20.7 Å². The van der Waals surface area contributed by atoms with Crippen molar-refractivity contribution in [2.75, 3.05) is 13.1 Å². The van der Waals surface area contributed by atoms with Gasteiger partial charge in [0.15, 0.2) is 0 Å². The fourth-order valence-corrected chi connectivity index (χ4v) is 5.09. The Hall–Kier alpha value is -2.41. The van der Waals surface area contributed by atoms with Crippen molar-refractivity contribution in [3.8, 4) is 0 Å². The second-order valence-electron chi connectivity index (χ2n) is 7.11. The monoisotopic (exact) mass is 423 g/mol. The van der Waals surface area contributed by atoms with Crippen LogP contribution < -0.4 is 10.6 Å². The largest absolute Gasteiger partial charge is 0.361 e. The number of nitrogens with one attached hydrogen (secondary N) is 3. The highest BCUT2D eigenvalue weighted by Crippen LogP contribution is 2.32. The predicted molar refractivity (Wildman–Crippen MR) is 123 cm³/mol. The van der Waals surface area contributed by atoms with Gasteiger partial charge in [-0.15, -0.1) is 22.7 Å². The van der Waals surface area contributed by atoms with Crippen molar-refractivity contribution in [3.05, 3.63) is 80.8 Å². The average molecular weight is 424 g/mol. The molecule has 0 saturated carbocycles. The number of thiophene rings is 2. The van der Waals surface area contributed by atoms with Crippen molar-refractivity contribution in [2.24, 2.45) is 0 Å². The number of benzene rings is 1. The Balaban J connectivity index is 1.40. The maximum Gasteiger partial charge on any atom is 0.236 e. The number of hydrogen-bond donors (Lipinski definition) is 3. The molecule has 0 spiro atoms. The summed E-state index contributed by atoms with van der Waals surface area (Å²) in [5.74, 6) is 0.248. The zero-order valence-corrected chi connectivity index (χ0v) is 18.0. The number of aromatic nitrogens is 1. The minimum atomic E-state index is -0.244. The highest BCUT2D eigenvalue weighted by atomic mass is 32.1. The average Bonchev–Trinajstić information content (AvgIpc) is 3.50. The second-order valence-corrected chi connectivity index (χ2v) is 9.12. The Labute approximate surface area is 179 Å². The quantitative estimate of drug-likeness (QED) is 0.364. The lowest BCUT2D eigenvalue weighted by Crippen LogP contribution is -2.44. The third kappa shape index (κ3) is 4.78. The van der Waals surface area contributed by atoms with E-state index in [1.807, 2.05) is 19.1 Å². The van der Waals surface area contributed by atoms with E-state index >= 15 is 0 Å². The van der Waals surface area contributed by atoms with Crippen LogP contribution in [0.25, 0.3) is 10.9 Å². The van der Waals surface area contributed by atoms with Crippen LogP contribution in [0.15, 0.2) is 65.5 Å². The molecule has 6 heteroatoms. The first-order valence-corrected chi connectivity index (χ1v) is 11.6. The molecule has 1 amide bonds. The molecule has 0 aliphatic heterocycles. The van der Waals surface area contributed by atoms with Crippen molar-refractivity contribution in [1.29, 1.82) is 0 Å². The lowest BCUT2D eigenvalue weighted by Gasteiger charge is -2.20. The summed E-state index contributed by atoms with van der Waals surface area (Å²) < 4.78 is 0. The van der Waals surface area contributed by atoms with Crippen molar-refractivity contribution >= 4 is 39.5 Å². The molecule has 2 atom stereocenters. The molecule has 0 aliphatic carbocycles. The SMILES string of the molecule is C[C@@H](NC[C@@H](c1cccs1)c1c[nH]c2ccccc12)C(=O)NCCc1cccs1. The molecule has 3 aromatic heterocycles. The number of carbonyl (C=O) groups is 1. The zero-order valence-electron chi connectivity index (χ0n) is 16.4. The molecule has 0 aliphatic rings. The van der Waals surface area contributed by atoms with Gasteiger partial charge in [0.2, 0.25) is 5.91 Å². The first kappa shape index (κ1) is 19.9. The first-order valence-electron chi connectivity index (χ1n) is 9.85. The molecule has 4 rings (SSSR count). The summed E-state index contributed by atoms with van der Waals surface area (Å²) in [6, 6.07) is 16.5. The summed E-state index contributed by atoms with van der Waals surface area (Å²) in [5.41, 5.74) is 2.41. The molecule has 4 nitrogen and oxygen atoms in total. The van der Waals surface area contributed by atoms with Gasteiger partial charge in [-0.1, -0.05) is 30.3 Å². The van der Waals surface area contributed by atoms with Crippen molar-refractivity contribution < 1.29 is 4.79 Å². The minimum absolute atomic E-state index is 0.0467. The van der Waals surface area contributed by atoms with Gasteiger partial charge >= 0.3 is 0 Å². The van der Waals surface area contributed by atoms with Gasteiger partial charge in [0, 0.05) is 45.9 Å². The van der Waals surface area contributed by atoms with E-state index < -0.39 is 0 Å². The minimum Gasteiger partial charge on any atom is -0.361 e. The predicted octanol–water partition coefficient (Wildman–Crippen LogP) is 4.76. The number of para-hydroxylation sites is 1. The van der Waals surface area contributed by atoms with Crippen LogP contribution in [0, 0.1) is 0 Å². The molecule has 0 unspecified atom stereocenters. The Morgan fingerprint density at radius 2 is 1.90 bits per heavy atom. The standard InChI is InChI=1S/C23H25N3OS2/c1-16(23(27)24-11-10-17-6-4-12-28-17)25-15-20(22-9-5-13-29-22)19-14-26-21-8-3-2-7-18(19)21/h2-9,12-14,16,20,25-26H,10-11,15H2,1H3,(H,24,27)/t16-,20-/m1/s1. The fraction of sp³-hybridized carbons (Fsp3) is 0.261. The van der Waals surface area contributed by atoms with E-state index in [9.17, 15) is 4.79 Å². The van der Waals surface area contributed by atoms with Gasteiger partial charge in [0.1, 0.15) is 0 Å². The Morgan fingerprint density at radius 3 is 2.69 bits per heavy atom. The molecule has 0 fully saturated rings. The van der Waals surface area contributed by atoms with Gasteiger partial charge in [-0.25, -0.2) is 0 Å². The van der Waals surface area contributed by atoms with Gasteiger partial charge in [0.05, 0.1) is 6.04 Å². The lowest BCUT2D eigenvalue weighted by molar-refractivity contribution is -0.122. The number of aromatic amines is 1. The summed E-state index contributed by atoms with van der Waals surface area (Å²) in [4.78, 5) is 18.5. The van der Waals surface area contributed by atoms with Crippen molar-refractivity contribution in [1.82, 2.24) is 15.6 Å². The molecular weight excluding hydrogens is 398 g/mol. The number of H-pyrrole nitrogens is 1. The van der Waals surface area contributed by atoms with Crippen LogP contribution in [0.2, 0.25) is 0 Å². The van der Waals surface area contributed by atoms with Crippen LogP contribution in [0.4, 0.5) is 0 Å². The molecule has 0 bridgehead atoms. The van der Waals surface area contributed by atoms with E-state index in [2.05, 4.69) is 69.0 Å². The topological polar surface area (TPSA) is 56.9 Å². The Bertz CT molecular complexity index is 1040. The van der Waals surface area contributed by atoms with Gasteiger partial charge < -0.3 is 15.6 Å². The third-order valence-electron chi connectivity index (χ3n) is 5.16. The van der Waals surface area contributed by atoms with Crippen LogP contribution in [0.5, 0.6) is 0 Å². The van der Waals surface area contributed by atoms with Crippen LogP contribution in [0.1, 0.15) is 28.2 Å². The molecule has 1 aromatic carbocycles. The van der Waals surface area contributed by atoms with Crippen LogP contribution in [-0.2, 0) is 11.2 Å². The van der Waals surface area contributed by atoms with Crippen LogP contribution in [0.3, 0.4) is 0 Å². The van der Waals surface area contributed by atoms with E-state index in [0.29, 0.717) is 13.1 Å². The van der Waals surface area contributed by atoms with Gasteiger partial charge in [-0.2, -0.15) is 0 Å². The van der Waals surface area contributed by atoms with E-state index in [0.717, 1.165) is 11.9 Å². The maximum atomic E-state index is 12.5. The lowest BCUT2D eigenvalue weighted by atomic mass is 9.96. The molecule has 150 valence electrons. The highest BCUT2D eigenvalue weighted by molar-refractivity contribution is 7.10. The Kier molecular flexibility index (Phi) is 6.44. The van der Waals surface area contributed by atoms with Crippen LogP contribution in [-0.4, -0.2) is 30.0 Å². The normalized spacial score (nSPS) is 13.4. The summed E-state index contributed by atoms with van der Waals surface area (Å²) in [7, 11) is 0. The molecule has 4 aromatic rings. The number of hydrogen-bond acceptors (Lipinski definition) is 4. The van der Waals surface area contributed by atoms with Gasteiger partial charge in [-0.05, 0) is 47.9 Å². The molecule has 3 heterocycles. The van der Waals surface area contributed by atoms with E-state index in [4.69, 9.17) is 0 Å². The molecule has 29 heavy (non-hydrogen) atoms. The summed E-state index contributed by atoms with van der Waals surface area (Å²) in [6.07, 6.45) is 2.98. The number of amides is 1. The third-order valence-corrected chi connectivity index (χ3v) is 7.08. The summed E-state index contributed by atoms with van der Waals surface area (Å²) in [6.45, 7) is 3.31. The number of carbonyl (C=O) groups excluding carboxylic acids is 1. The van der Waals surface area contributed by atoms with Crippen molar-refractivity contribution in [2.45, 2.75) is 25.3 Å². The first-order chi connectivity index (χ1) is 14.2. The van der Waals surface area contributed by atoms with Crippen molar-refractivity contribution in [3.63, 3.8) is 0 Å². The second kappa shape index (κ2) is 9.39. The summed E-state index contributed by atoms with van der Waals surface area (Å²) >= 11 is 3.48.